The quantitative estimate of drug-likeness (QED) is 0.484. The van der Waals surface area contributed by atoms with E-state index in [1.807, 2.05) is 6.07 Å². The minimum Gasteiger partial charge on any atom is -0.478 e. The van der Waals surface area contributed by atoms with E-state index >= 15 is 4.39 Å². The lowest BCUT2D eigenvalue weighted by Gasteiger charge is -2.31. The van der Waals surface area contributed by atoms with Gasteiger partial charge in [-0.1, -0.05) is 43.2 Å². The highest BCUT2D eigenvalue weighted by Gasteiger charge is 2.34. The molecule has 2 atom stereocenters. The monoisotopic (exact) mass is 489 g/mol. The maximum atomic E-state index is 15.5. The molecule has 1 saturated heterocycles. The topological polar surface area (TPSA) is 48.7 Å². The van der Waals surface area contributed by atoms with Crippen LogP contribution in [0.5, 0.6) is 0 Å². The molecule has 0 radical (unpaired) electrons. The Hall–Kier alpha value is -2.70. The SMILES string of the molecule is O=C(O)c1ccc2c([C@@H]3CCCC[C@H]3F)c3n(c2c1)CCN(CCN1CCCC1)Cc1ccccc1-3. The molecular formula is C30H36FN3O2. The number of halogens is 1. The lowest BCUT2D eigenvalue weighted by atomic mass is 9.80. The molecule has 0 amide bonds. The second-order valence-corrected chi connectivity index (χ2v) is 10.8. The van der Waals surface area contributed by atoms with Crippen molar-refractivity contribution in [2.75, 3.05) is 32.7 Å². The number of nitrogens with zero attached hydrogens (tertiary/aromatic N) is 3. The van der Waals surface area contributed by atoms with Gasteiger partial charge in [0.05, 0.1) is 11.3 Å². The number of fused-ring (bicyclic) bond motifs is 5. The van der Waals surface area contributed by atoms with E-state index in [2.05, 4.69) is 38.6 Å². The fourth-order valence-electron chi connectivity index (χ4n) is 6.75. The van der Waals surface area contributed by atoms with Crippen molar-refractivity contribution in [3.8, 4) is 11.3 Å². The molecule has 5 nitrogen and oxygen atoms in total. The first kappa shape index (κ1) is 23.7. The number of hydrogen-bond donors (Lipinski definition) is 1. The fourth-order valence-corrected chi connectivity index (χ4v) is 6.75. The molecule has 3 heterocycles. The molecule has 2 aliphatic heterocycles. The van der Waals surface area contributed by atoms with Gasteiger partial charge in [-0.05, 0) is 62.0 Å². The van der Waals surface area contributed by atoms with Crippen molar-refractivity contribution in [3.63, 3.8) is 0 Å². The number of alkyl halides is 1. The number of benzene rings is 2. The predicted molar refractivity (Wildman–Crippen MR) is 141 cm³/mol. The normalized spacial score (nSPS) is 23.2. The van der Waals surface area contributed by atoms with Gasteiger partial charge in [0, 0.05) is 55.1 Å². The predicted octanol–water partition coefficient (Wildman–Crippen LogP) is 5.91. The Morgan fingerprint density at radius 2 is 1.69 bits per heavy atom. The van der Waals surface area contributed by atoms with Crippen LogP contribution in [0.25, 0.3) is 22.2 Å². The second kappa shape index (κ2) is 9.98. The Balaban J connectivity index is 1.48. The van der Waals surface area contributed by atoms with Crippen LogP contribution in [0.4, 0.5) is 4.39 Å². The maximum absolute atomic E-state index is 15.5. The number of carboxylic acids is 1. The number of aromatic nitrogens is 1. The number of likely N-dealkylation sites (tertiary alicyclic amines) is 1. The van der Waals surface area contributed by atoms with Gasteiger partial charge in [-0.3, -0.25) is 4.90 Å². The van der Waals surface area contributed by atoms with Gasteiger partial charge in [0.1, 0.15) is 6.17 Å². The molecule has 6 rings (SSSR count). The molecule has 0 spiro atoms. The summed E-state index contributed by atoms with van der Waals surface area (Å²) in [5.74, 6) is -1.07. The fraction of sp³-hybridized carbons (Fsp3) is 0.500. The van der Waals surface area contributed by atoms with Crippen molar-refractivity contribution in [1.82, 2.24) is 14.4 Å². The molecule has 1 aromatic heterocycles. The highest BCUT2D eigenvalue weighted by molar-refractivity contribution is 5.98. The molecular weight excluding hydrogens is 453 g/mol. The Labute approximate surface area is 212 Å². The minimum atomic E-state index is -0.923. The van der Waals surface area contributed by atoms with Crippen LogP contribution in [0.3, 0.4) is 0 Å². The van der Waals surface area contributed by atoms with Gasteiger partial charge in [0.25, 0.3) is 0 Å². The van der Waals surface area contributed by atoms with E-state index in [1.165, 1.54) is 37.1 Å². The Morgan fingerprint density at radius 1 is 0.917 bits per heavy atom. The van der Waals surface area contributed by atoms with E-state index in [-0.39, 0.29) is 11.5 Å². The van der Waals surface area contributed by atoms with Crippen LogP contribution in [0.15, 0.2) is 42.5 Å². The van der Waals surface area contributed by atoms with Crippen molar-refractivity contribution in [2.45, 2.75) is 63.7 Å². The molecule has 36 heavy (non-hydrogen) atoms. The Morgan fingerprint density at radius 3 is 2.50 bits per heavy atom. The maximum Gasteiger partial charge on any atom is 0.335 e. The number of carboxylic acid groups (broad SMARTS) is 1. The average molecular weight is 490 g/mol. The summed E-state index contributed by atoms with van der Waals surface area (Å²) in [5, 5.41) is 10.8. The molecule has 190 valence electrons. The van der Waals surface area contributed by atoms with E-state index in [0.717, 1.165) is 74.1 Å². The van der Waals surface area contributed by atoms with Crippen molar-refractivity contribution >= 4 is 16.9 Å². The van der Waals surface area contributed by atoms with Crippen LogP contribution in [0, 0.1) is 0 Å². The van der Waals surface area contributed by atoms with Crippen LogP contribution in [-0.2, 0) is 13.1 Å². The molecule has 6 heteroatoms. The third kappa shape index (κ3) is 4.35. The first-order valence-corrected chi connectivity index (χ1v) is 13.7. The first-order valence-electron chi connectivity index (χ1n) is 13.7. The highest BCUT2D eigenvalue weighted by Crippen LogP contribution is 2.46. The van der Waals surface area contributed by atoms with E-state index in [1.54, 1.807) is 12.1 Å². The largest absolute Gasteiger partial charge is 0.478 e. The molecule has 1 N–H and O–H groups in total. The summed E-state index contributed by atoms with van der Waals surface area (Å²) >= 11 is 0. The number of aromatic carboxylic acids is 1. The summed E-state index contributed by atoms with van der Waals surface area (Å²) in [6.45, 7) is 7.04. The van der Waals surface area contributed by atoms with Crippen molar-refractivity contribution in [1.29, 1.82) is 0 Å². The van der Waals surface area contributed by atoms with Crippen LogP contribution >= 0.6 is 0 Å². The third-order valence-electron chi connectivity index (χ3n) is 8.64. The number of carbonyl (C=O) groups is 1. The van der Waals surface area contributed by atoms with Gasteiger partial charge in [-0.25, -0.2) is 9.18 Å². The van der Waals surface area contributed by atoms with E-state index in [4.69, 9.17) is 0 Å². The summed E-state index contributed by atoms with van der Waals surface area (Å²) in [4.78, 5) is 17.0. The van der Waals surface area contributed by atoms with Crippen molar-refractivity contribution in [3.05, 3.63) is 59.2 Å². The van der Waals surface area contributed by atoms with Gasteiger partial charge in [0.2, 0.25) is 0 Å². The van der Waals surface area contributed by atoms with Crippen LogP contribution < -0.4 is 0 Å². The van der Waals surface area contributed by atoms with Gasteiger partial charge < -0.3 is 14.6 Å². The highest BCUT2D eigenvalue weighted by atomic mass is 19.1. The molecule has 0 unspecified atom stereocenters. The lowest BCUT2D eigenvalue weighted by molar-refractivity contribution is 0.0697. The van der Waals surface area contributed by atoms with Crippen LogP contribution in [0.2, 0.25) is 0 Å². The average Bonchev–Trinajstić information content (AvgIpc) is 3.50. The van der Waals surface area contributed by atoms with E-state index < -0.39 is 12.1 Å². The van der Waals surface area contributed by atoms with Crippen molar-refractivity contribution in [2.24, 2.45) is 0 Å². The zero-order valence-electron chi connectivity index (χ0n) is 21.0. The summed E-state index contributed by atoms with van der Waals surface area (Å²) < 4.78 is 17.8. The summed E-state index contributed by atoms with van der Waals surface area (Å²) in [6, 6.07) is 14.0. The first-order chi connectivity index (χ1) is 17.6. The summed E-state index contributed by atoms with van der Waals surface area (Å²) in [5.41, 5.74) is 5.85. The number of hydrogen-bond acceptors (Lipinski definition) is 3. The Bertz CT molecular complexity index is 1260. The minimum absolute atomic E-state index is 0.146. The van der Waals surface area contributed by atoms with Gasteiger partial charge >= 0.3 is 5.97 Å². The smallest absolute Gasteiger partial charge is 0.335 e. The van der Waals surface area contributed by atoms with Gasteiger partial charge in [-0.2, -0.15) is 0 Å². The zero-order valence-corrected chi connectivity index (χ0v) is 21.0. The molecule has 2 aromatic carbocycles. The van der Waals surface area contributed by atoms with E-state index in [9.17, 15) is 9.90 Å². The van der Waals surface area contributed by atoms with Crippen LogP contribution in [-0.4, -0.2) is 64.3 Å². The zero-order chi connectivity index (χ0) is 24.6. The molecule has 1 aliphatic carbocycles. The third-order valence-corrected chi connectivity index (χ3v) is 8.64. The van der Waals surface area contributed by atoms with Crippen molar-refractivity contribution < 1.29 is 14.3 Å². The van der Waals surface area contributed by atoms with Gasteiger partial charge in [-0.15, -0.1) is 0 Å². The molecule has 2 fully saturated rings. The number of rotatable bonds is 5. The van der Waals surface area contributed by atoms with E-state index in [0.29, 0.717) is 6.42 Å². The summed E-state index contributed by atoms with van der Waals surface area (Å²) in [6.07, 6.45) is 5.17. The summed E-state index contributed by atoms with van der Waals surface area (Å²) in [7, 11) is 0. The molecule has 1 saturated carbocycles. The molecule has 0 bridgehead atoms. The Kier molecular flexibility index (Phi) is 6.57. The van der Waals surface area contributed by atoms with Crippen LogP contribution in [0.1, 0.15) is 65.9 Å². The molecule has 3 aliphatic rings. The van der Waals surface area contributed by atoms with Gasteiger partial charge in [0.15, 0.2) is 0 Å². The lowest BCUT2D eigenvalue weighted by Crippen LogP contribution is -2.36. The second-order valence-electron chi connectivity index (χ2n) is 10.8. The molecule has 3 aromatic rings. The standard InChI is InChI=1S/C30H36FN3O2/c31-26-10-4-3-9-24(26)28-25-12-11-21(30(35)36)19-27(25)34-18-17-33(16-15-32-13-5-6-14-32)20-22-7-1-2-8-23(22)29(28)34/h1-2,7-8,11-12,19,24,26H,3-6,9-10,13-18,20H2,(H,35,36)/t24-,26-/m1/s1.